The Labute approximate surface area is 171 Å². The lowest BCUT2D eigenvalue weighted by Gasteiger charge is -2.13. The smallest absolute Gasteiger partial charge is 0.262 e. The maximum Gasteiger partial charge on any atom is 0.262 e. The van der Waals surface area contributed by atoms with Crippen LogP contribution in [0.3, 0.4) is 0 Å². The Morgan fingerprint density at radius 3 is 2.71 bits per heavy atom. The number of thioether (sulfide) groups is 1. The minimum atomic E-state index is -0.116. The zero-order chi connectivity index (χ0) is 19.9. The molecular weight excluding hydrogens is 398 g/mol. The van der Waals surface area contributed by atoms with E-state index in [9.17, 15) is 4.79 Å². The number of nitrogens with zero attached hydrogens (tertiary/aromatic N) is 3. The normalized spacial score (nSPS) is 10.8. The van der Waals surface area contributed by atoms with E-state index in [0.717, 1.165) is 0 Å². The maximum absolute atomic E-state index is 12.8. The van der Waals surface area contributed by atoms with Crippen LogP contribution in [-0.2, 0) is 11.3 Å². The second-order valence-corrected chi connectivity index (χ2v) is 7.34. The summed E-state index contributed by atoms with van der Waals surface area (Å²) in [7, 11) is 1.59. The van der Waals surface area contributed by atoms with Crippen molar-refractivity contribution in [3.63, 3.8) is 0 Å². The van der Waals surface area contributed by atoms with Crippen LogP contribution in [0, 0.1) is 11.3 Å². The minimum absolute atomic E-state index is 0.116. The molecular formula is C20H18ClN3O3S. The van der Waals surface area contributed by atoms with Crippen molar-refractivity contribution >= 4 is 34.3 Å². The Morgan fingerprint density at radius 1 is 1.21 bits per heavy atom. The van der Waals surface area contributed by atoms with Gasteiger partial charge in [-0.3, -0.25) is 9.36 Å². The Morgan fingerprint density at radius 2 is 2.00 bits per heavy atom. The fraction of sp³-hybridized carbons (Fsp3) is 0.250. The van der Waals surface area contributed by atoms with Crippen LogP contribution >= 0.6 is 23.4 Å². The van der Waals surface area contributed by atoms with Gasteiger partial charge in [0.25, 0.3) is 5.56 Å². The number of hydrogen-bond donors (Lipinski definition) is 0. The van der Waals surface area contributed by atoms with Crippen molar-refractivity contribution in [1.29, 1.82) is 5.26 Å². The molecule has 3 rings (SSSR count). The second-order valence-electron chi connectivity index (χ2n) is 5.84. The van der Waals surface area contributed by atoms with Gasteiger partial charge in [0.1, 0.15) is 5.75 Å². The third kappa shape index (κ3) is 4.84. The standard InChI is InChI=1S/C20H18ClN3O3S/c1-26-9-8-24-19(25)17-7-4-15(21)12-18(17)23-20(24)28-11-10-27-16-5-2-14(13-22)3-6-16/h2-7,12H,8-11H2,1H3. The predicted octanol–water partition coefficient (Wildman–Crippen LogP) is 3.74. The zero-order valence-corrected chi connectivity index (χ0v) is 16.8. The number of hydrogen-bond acceptors (Lipinski definition) is 6. The van der Waals surface area contributed by atoms with Crippen molar-refractivity contribution in [1.82, 2.24) is 9.55 Å². The molecule has 0 aliphatic rings. The molecule has 0 saturated carbocycles. The first-order valence-corrected chi connectivity index (χ1v) is 9.93. The molecule has 144 valence electrons. The maximum atomic E-state index is 12.8. The Kier molecular flexibility index (Phi) is 6.93. The molecule has 0 spiro atoms. The van der Waals surface area contributed by atoms with Crippen LogP contribution in [0.2, 0.25) is 5.02 Å². The van der Waals surface area contributed by atoms with Crippen molar-refractivity contribution in [2.75, 3.05) is 26.1 Å². The van der Waals surface area contributed by atoms with Gasteiger partial charge in [0.05, 0.1) is 42.3 Å². The van der Waals surface area contributed by atoms with E-state index in [1.54, 1.807) is 54.1 Å². The molecule has 0 aliphatic heterocycles. The van der Waals surface area contributed by atoms with Crippen LogP contribution in [0.25, 0.3) is 10.9 Å². The highest BCUT2D eigenvalue weighted by Gasteiger charge is 2.12. The first-order valence-electron chi connectivity index (χ1n) is 8.57. The number of ether oxygens (including phenoxy) is 2. The summed E-state index contributed by atoms with van der Waals surface area (Å²) in [6, 6.07) is 14.1. The Balaban J connectivity index is 1.74. The summed E-state index contributed by atoms with van der Waals surface area (Å²) in [5, 5.41) is 10.5. The summed E-state index contributed by atoms with van der Waals surface area (Å²) in [4.78, 5) is 17.4. The van der Waals surface area contributed by atoms with Crippen LogP contribution in [-0.4, -0.2) is 35.6 Å². The molecule has 8 heteroatoms. The van der Waals surface area contributed by atoms with E-state index in [-0.39, 0.29) is 5.56 Å². The number of rotatable bonds is 8. The molecule has 0 N–H and O–H groups in total. The zero-order valence-electron chi connectivity index (χ0n) is 15.2. The summed E-state index contributed by atoms with van der Waals surface area (Å²) < 4.78 is 12.4. The molecule has 1 heterocycles. The average molecular weight is 416 g/mol. The summed E-state index contributed by atoms with van der Waals surface area (Å²) in [5.41, 5.74) is 1.04. The SMILES string of the molecule is COCCn1c(SCCOc2ccc(C#N)cc2)nc2cc(Cl)ccc2c1=O. The number of methoxy groups -OCH3 is 1. The molecule has 0 fully saturated rings. The second kappa shape index (κ2) is 9.60. The van der Waals surface area contributed by atoms with E-state index in [4.69, 9.17) is 26.3 Å². The van der Waals surface area contributed by atoms with Gasteiger partial charge >= 0.3 is 0 Å². The monoisotopic (exact) mass is 415 g/mol. The molecule has 0 atom stereocenters. The van der Waals surface area contributed by atoms with Gasteiger partial charge in [-0.2, -0.15) is 5.26 Å². The lowest BCUT2D eigenvalue weighted by atomic mass is 10.2. The fourth-order valence-electron chi connectivity index (χ4n) is 2.58. The number of benzene rings is 2. The molecule has 6 nitrogen and oxygen atoms in total. The van der Waals surface area contributed by atoms with Gasteiger partial charge < -0.3 is 9.47 Å². The van der Waals surface area contributed by atoms with Crippen LogP contribution in [0.15, 0.2) is 52.4 Å². The summed E-state index contributed by atoms with van der Waals surface area (Å²) in [6.45, 7) is 1.26. The van der Waals surface area contributed by atoms with Gasteiger partial charge in [0.15, 0.2) is 5.16 Å². The number of fused-ring (bicyclic) bond motifs is 1. The van der Waals surface area contributed by atoms with Crippen molar-refractivity contribution in [3.8, 4) is 11.8 Å². The largest absolute Gasteiger partial charge is 0.493 e. The predicted molar refractivity (Wildman–Crippen MR) is 110 cm³/mol. The van der Waals surface area contributed by atoms with E-state index in [2.05, 4.69) is 11.1 Å². The van der Waals surface area contributed by atoms with Gasteiger partial charge in [-0.25, -0.2) is 4.98 Å². The Hall–Kier alpha value is -2.53. The third-order valence-corrected chi connectivity index (χ3v) is 5.14. The quantitative estimate of drug-likeness (QED) is 0.317. The third-order valence-electron chi connectivity index (χ3n) is 3.97. The summed E-state index contributed by atoms with van der Waals surface area (Å²) >= 11 is 7.48. The van der Waals surface area contributed by atoms with E-state index in [1.807, 2.05) is 0 Å². The van der Waals surface area contributed by atoms with Gasteiger partial charge in [-0.1, -0.05) is 23.4 Å². The molecule has 1 aromatic heterocycles. The molecule has 3 aromatic rings. The molecule has 0 bridgehead atoms. The topological polar surface area (TPSA) is 77.1 Å². The molecule has 0 aliphatic carbocycles. The number of halogens is 1. The first kappa shape index (κ1) is 20.2. The van der Waals surface area contributed by atoms with Crippen molar-refractivity contribution in [3.05, 3.63) is 63.4 Å². The van der Waals surface area contributed by atoms with Crippen LogP contribution in [0.1, 0.15) is 5.56 Å². The first-order chi connectivity index (χ1) is 13.6. The van der Waals surface area contributed by atoms with E-state index in [1.165, 1.54) is 11.8 Å². The average Bonchev–Trinajstić information content (AvgIpc) is 2.71. The molecule has 0 saturated heterocycles. The van der Waals surface area contributed by atoms with E-state index >= 15 is 0 Å². The Bertz CT molecular complexity index is 1060. The number of aromatic nitrogens is 2. The van der Waals surface area contributed by atoms with Crippen LogP contribution in [0.5, 0.6) is 5.75 Å². The molecule has 0 radical (unpaired) electrons. The van der Waals surface area contributed by atoms with Crippen molar-refractivity contribution < 1.29 is 9.47 Å². The summed E-state index contributed by atoms with van der Waals surface area (Å²) in [5.74, 6) is 1.29. The highest BCUT2D eigenvalue weighted by molar-refractivity contribution is 7.99. The van der Waals surface area contributed by atoms with Gasteiger partial charge in [-0.15, -0.1) is 0 Å². The molecule has 28 heavy (non-hydrogen) atoms. The lowest BCUT2D eigenvalue weighted by Crippen LogP contribution is -2.25. The van der Waals surface area contributed by atoms with E-state index < -0.39 is 0 Å². The van der Waals surface area contributed by atoms with Crippen molar-refractivity contribution in [2.45, 2.75) is 11.7 Å². The van der Waals surface area contributed by atoms with Gasteiger partial charge in [-0.05, 0) is 42.5 Å². The van der Waals surface area contributed by atoms with Gasteiger partial charge in [0.2, 0.25) is 0 Å². The highest BCUT2D eigenvalue weighted by Crippen LogP contribution is 2.21. The van der Waals surface area contributed by atoms with Gasteiger partial charge in [0, 0.05) is 17.9 Å². The minimum Gasteiger partial charge on any atom is -0.493 e. The van der Waals surface area contributed by atoms with Crippen LogP contribution in [0.4, 0.5) is 0 Å². The molecule has 0 unspecified atom stereocenters. The molecule has 2 aromatic carbocycles. The van der Waals surface area contributed by atoms with Crippen molar-refractivity contribution in [2.24, 2.45) is 0 Å². The lowest BCUT2D eigenvalue weighted by molar-refractivity contribution is 0.183. The van der Waals surface area contributed by atoms with Crippen LogP contribution < -0.4 is 10.3 Å². The fourth-order valence-corrected chi connectivity index (χ4v) is 3.59. The molecule has 0 amide bonds. The highest BCUT2D eigenvalue weighted by atomic mass is 35.5. The summed E-state index contributed by atoms with van der Waals surface area (Å²) in [6.07, 6.45) is 0. The van der Waals surface area contributed by atoms with E-state index in [0.29, 0.717) is 57.9 Å². The number of nitriles is 1.